The summed E-state index contributed by atoms with van der Waals surface area (Å²) in [6, 6.07) is 9.47. The van der Waals surface area contributed by atoms with Gasteiger partial charge in [0, 0.05) is 5.92 Å². The number of carbonyl (C=O) groups excluding carboxylic acids is 2. The first-order valence-electron chi connectivity index (χ1n) is 8.84. The largest absolute Gasteiger partial charge is 0.445 e. The first kappa shape index (κ1) is 17.7. The second-order valence-corrected chi connectivity index (χ2v) is 6.80. The Balaban J connectivity index is 1.65. The van der Waals surface area contributed by atoms with Gasteiger partial charge in [-0.15, -0.1) is 0 Å². The van der Waals surface area contributed by atoms with Crippen LogP contribution in [0.5, 0.6) is 0 Å². The number of carbonyl (C=O) groups is 2. The summed E-state index contributed by atoms with van der Waals surface area (Å²) >= 11 is 0. The topological polar surface area (TPSA) is 55.8 Å². The maximum atomic E-state index is 12.6. The van der Waals surface area contributed by atoms with Gasteiger partial charge in [-0.3, -0.25) is 9.69 Å². The number of ether oxygens (including phenoxy) is 2. The van der Waals surface area contributed by atoms with Crippen LogP contribution in [0.3, 0.4) is 0 Å². The van der Waals surface area contributed by atoms with Gasteiger partial charge < -0.3 is 9.47 Å². The van der Waals surface area contributed by atoms with Gasteiger partial charge in [-0.05, 0) is 37.8 Å². The van der Waals surface area contributed by atoms with E-state index in [0.717, 1.165) is 11.1 Å². The quantitative estimate of drug-likeness (QED) is 0.787. The number of hydrogen-bond acceptors (Lipinski definition) is 4. The molecule has 3 rings (SSSR count). The van der Waals surface area contributed by atoms with Crippen molar-refractivity contribution >= 4 is 11.9 Å². The van der Waals surface area contributed by atoms with Crippen molar-refractivity contribution < 1.29 is 19.1 Å². The average Bonchev–Trinajstić information content (AvgIpc) is 2.64. The summed E-state index contributed by atoms with van der Waals surface area (Å²) in [6.07, 6.45) is 2.83. The Kier molecular flexibility index (Phi) is 5.53. The molecule has 2 aliphatic rings. The van der Waals surface area contributed by atoms with Crippen LogP contribution < -0.4 is 0 Å². The summed E-state index contributed by atoms with van der Waals surface area (Å²) in [5.41, 5.74) is 1.76. The number of hydrogen-bond donors (Lipinski definition) is 0. The minimum atomic E-state index is -0.309. The van der Waals surface area contributed by atoms with E-state index in [4.69, 9.17) is 9.47 Å². The highest BCUT2D eigenvalue weighted by Gasteiger charge is 2.44. The van der Waals surface area contributed by atoms with Crippen LogP contribution in [0.2, 0.25) is 0 Å². The van der Waals surface area contributed by atoms with Crippen LogP contribution in [0.15, 0.2) is 42.0 Å². The number of Topliss-reactive ketones (excluding diaryl/α,β-unsaturated/α-hetero) is 1. The second kappa shape index (κ2) is 7.83. The molecule has 0 saturated carbocycles. The summed E-state index contributed by atoms with van der Waals surface area (Å²) < 4.78 is 11.1. The molecule has 2 fully saturated rings. The van der Waals surface area contributed by atoms with E-state index in [0.29, 0.717) is 26.1 Å². The molecule has 1 amide bonds. The molecule has 0 spiro atoms. The number of nitrogens with zero attached hydrogens (tertiary/aromatic N) is 1. The molecule has 5 heteroatoms. The Morgan fingerprint density at radius 2 is 1.84 bits per heavy atom. The van der Waals surface area contributed by atoms with Crippen LogP contribution in [0, 0.1) is 5.92 Å². The maximum Gasteiger partial charge on any atom is 0.410 e. The van der Waals surface area contributed by atoms with E-state index in [1.54, 1.807) is 4.90 Å². The van der Waals surface area contributed by atoms with E-state index in [9.17, 15) is 9.59 Å². The number of benzene rings is 1. The standard InChI is InChI=1S/C20H25NO4/c1-3-14(2)19(22)16-9-17-12-24-13-18(10-16)21(17)20(23)25-11-15-7-5-4-6-8-15/h3-8,16-18H,9-13H2,1-2H3. The SMILES string of the molecule is CC=C(C)C(=O)C1CC2COCC(C1)N2C(=O)OCc1ccccc1. The Morgan fingerprint density at radius 3 is 2.44 bits per heavy atom. The smallest absolute Gasteiger partial charge is 0.410 e. The number of fused-ring (bicyclic) bond motifs is 2. The van der Waals surface area contributed by atoms with Gasteiger partial charge in [0.2, 0.25) is 0 Å². The molecule has 2 bridgehead atoms. The van der Waals surface area contributed by atoms with Gasteiger partial charge in [0.15, 0.2) is 5.78 Å². The van der Waals surface area contributed by atoms with Gasteiger partial charge in [0.05, 0.1) is 25.3 Å². The van der Waals surface area contributed by atoms with E-state index in [1.807, 2.05) is 50.3 Å². The number of ketones is 1. The predicted octanol–water partition coefficient (Wildman–Crippen LogP) is 3.34. The molecule has 0 aromatic heterocycles. The van der Waals surface area contributed by atoms with Crippen LogP contribution >= 0.6 is 0 Å². The summed E-state index contributed by atoms with van der Waals surface area (Å²) in [5, 5.41) is 0. The van der Waals surface area contributed by atoms with Crippen molar-refractivity contribution in [2.45, 2.75) is 45.4 Å². The normalized spacial score (nSPS) is 26.2. The second-order valence-electron chi connectivity index (χ2n) is 6.80. The third-order valence-corrected chi connectivity index (χ3v) is 5.13. The van der Waals surface area contributed by atoms with E-state index >= 15 is 0 Å². The lowest BCUT2D eigenvalue weighted by Crippen LogP contribution is -2.60. The minimum absolute atomic E-state index is 0.0340. The average molecular weight is 343 g/mol. The van der Waals surface area contributed by atoms with Crippen molar-refractivity contribution in [1.82, 2.24) is 4.90 Å². The predicted molar refractivity (Wildman–Crippen MR) is 94.0 cm³/mol. The zero-order valence-electron chi connectivity index (χ0n) is 14.8. The van der Waals surface area contributed by atoms with Gasteiger partial charge >= 0.3 is 6.09 Å². The van der Waals surface area contributed by atoms with Crippen molar-refractivity contribution in [3.05, 3.63) is 47.5 Å². The monoisotopic (exact) mass is 343 g/mol. The Bertz CT molecular complexity index is 641. The van der Waals surface area contributed by atoms with E-state index in [-0.39, 0.29) is 36.5 Å². The lowest BCUT2D eigenvalue weighted by molar-refractivity contribution is -0.127. The lowest BCUT2D eigenvalue weighted by atomic mass is 9.81. The highest BCUT2D eigenvalue weighted by Crippen LogP contribution is 2.34. The van der Waals surface area contributed by atoms with Crippen molar-refractivity contribution in [3.8, 4) is 0 Å². The first-order chi connectivity index (χ1) is 12.1. The van der Waals surface area contributed by atoms with Crippen LogP contribution in [0.4, 0.5) is 4.79 Å². The summed E-state index contributed by atoms with van der Waals surface area (Å²) in [4.78, 5) is 26.9. The number of allylic oxidation sites excluding steroid dienone is 2. The van der Waals surface area contributed by atoms with Gasteiger partial charge in [-0.1, -0.05) is 36.4 Å². The Morgan fingerprint density at radius 1 is 1.20 bits per heavy atom. The molecule has 0 aliphatic carbocycles. The number of rotatable bonds is 4. The molecule has 2 saturated heterocycles. The molecular formula is C20H25NO4. The molecular weight excluding hydrogens is 318 g/mol. The molecule has 0 radical (unpaired) electrons. The van der Waals surface area contributed by atoms with E-state index < -0.39 is 0 Å². The Hall–Kier alpha value is -2.14. The summed E-state index contributed by atoms with van der Waals surface area (Å²) in [6.45, 7) is 4.93. The number of amides is 1. The van der Waals surface area contributed by atoms with Gasteiger partial charge in [0.25, 0.3) is 0 Å². The molecule has 2 aliphatic heterocycles. The lowest BCUT2D eigenvalue weighted by Gasteiger charge is -2.47. The van der Waals surface area contributed by atoms with E-state index in [1.165, 1.54) is 0 Å². The number of piperidine rings is 1. The molecule has 1 aromatic carbocycles. The fraction of sp³-hybridized carbons (Fsp3) is 0.500. The summed E-state index contributed by atoms with van der Waals surface area (Å²) in [5.74, 6) is 0.157. The van der Waals surface area contributed by atoms with Crippen molar-refractivity contribution in [1.29, 1.82) is 0 Å². The highest BCUT2D eigenvalue weighted by molar-refractivity contribution is 5.96. The molecule has 2 heterocycles. The van der Waals surface area contributed by atoms with Crippen molar-refractivity contribution in [3.63, 3.8) is 0 Å². The summed E-state index contributed by atoms with van der Waals surface area (Å²) in [7, 11) is 0. The first-order valence-corrected chi connectivity index (χ1v) is 8.84. The van der Waals surface area contributed by atoms with Gasteiger partial charge in [0.1, 0.15) is 6.61 Å². The third kappa shape index (κ3) is 3.93. The molecule has 1 aromatic rings. The third-order valence-electron chi connectivity index (χ3n) is 5.13. The zero-order chi connectivity index (χ0) is 17.8. The molecule has 2 unspecified atom stereocenters. The van der Waals surface area contributed by atoms with Gasteiger partial charge in [-0.2, -0.15) is 0 Å². The van der Waals surface area contributed by atoms with Crippen LogP contribution in [-0.2, 0) is 20.9 Å². The molecule has 134 valence electrons. The van der Waals surface area contributed by atoms with Crippen molar-refractivity contribution in [2.24, 2.45) is 5.92 Å². The Labute approximate surface area is 148 Å². The fourth-order valence-corrected chi connectivity index (χ4v) is 3.69. The van der Waals surface area contributed by atoms with Crippen molar-refractivity contribution in [2.75, 3.05) is 13.2 Å². The molecule has 0 N–H and O–H groups in total. The molecule has 2 atom stereocenters. The zero-order valence-corrected chi connectivity index (χ0v) is 14.8. The molecule has 25 heavy (non-hydrogen) atoms. The number of morpholine rings is 1. The molecule has 5 nitrogen and oxygen atoms in total. The van der Waals surface area contributed by atoms with Gasteiger partial charge in [-0.25, -0.2) is 4.79 Å². The minimum Gasteiger partial charge on any atom is -0.445 e. The van der Waals surface area contributed by atoms with Crippen LogP contribution in [0.25, 0.3) is 0 Å². The highest BCUT2D eigenvalue weighted by atomic mass is 16.6. The van der Waals surface area contributed by atoms with Crippen LogP contribution in [0.1, 0.15) is 32.3 Å². The fourth-order valence-electron chi connectivity index (χ4n) is 3.69. The maximum absolute atomic E-state index is 12.6. The van der Waals surface area contributed by atoms with Crippen LogP contribution in [-0.4, -0.2) is 42.1 Å². The van der Waals surface area contributed by atoms with E-state index in [2.05, 4.69) is 0 Å².